The molecule has 1 amide bonds. The minimum atomic E-state index is -3.67. The van der Waals surface area contributed by atoms with Crippen LogP contribution in [-0.2, 0) is 16.6 Å². The van der Waals surface area contributed by atoms with Gasteiger partial charge in [0, 0.05) is 48.7 Å². The summed E-state index contributed by atoms with van der Waals surface area (Å²) in [6.45, 7) is 3.83. The predicted octanol–water partition coefficient (Wildman–Crippen LogP) is 3.80. The van der Waals surface area contributed by atoms with Crippen molar-refractivity contribution in [3.63, 3.8) is 0 Å². The van der Waals surface area contributed by atoms with Crippen molar-refractivity contribution in [2.75, 3.05) is 54.0 Å². The van der Waals surface area contributed by atoms with Crippen molar-refractivity contribution < 1.29 is 17.6 Å². The van der Waals surface area contributed by atoms with E-state index in [0.29, 0.717) is 16.9 Å². The van der Waals surface area contributed by atoms with E-state index in [2.05, 4.69) is 22.2 Å². The highest BCUT2D eigenvalue weighted by Gasteiger charge is 2.20. The summed E-state index contributed by atoms with van der Waals surface area (Å²) in [6, 6.07) is 20.0. The average molecular weight is 497 g/mol. The molecule has 0 unspecified atom stereocenters. The van der Waals surface area contributed by atoms with Crippen molar-refractivity contribution in [1.29, 1.82) is 0 Å². The van der Waals surface area contributed by atoms with E-state index < -0.39 is 15.8 Å². The second kappa shape index (κ2) is 10.5. The molecule has 0 saturated carbocycles. The van der Waals surface area contributed by atoms with Crippen LogP contribution in [0.4, 0.5) is 21.5 Å². The maximum absolute atomic E-state index is 14.1. The van der Waals surface area contributed by atoms with Crippen LogP contribution in [0.15, 0.2) is 72.8 Å². The van der Waals surface area contributed by atoms with E-state index in [1.54, 1.807) is 42.5 Å². The summed E-state index contributed by atoms with van der Waals surface area (Å²) in [4.78, 5) is 17.4. The molecular formula is C26H29FN4O3S. The lowest BCUT2D eigenvalue weighted by Crippen LogP contribution is -2.44. The summed E-state index contributed by atoms with van der Waals surface area (Å²) < 4.78 is 40.0. The smallest absolute Gasteiger partial charge is 0.255 e. The Kier molecular flexibility index (Phi) is 7.37. The maximum atomic E-state index is 14.1. The molecule has 0 atom stereocenters. The van der Waals surface area contributed by atoms with Crippen LogP contribution in [-0.4, -0.2) is 58.7 Å². The van der Waals surface area contributed by atoms with Gasteiger partial charge < -0.3 is 15.1 Å². The van der Waals surface area contributed by atoms with Crippen molar-refractivity contribution in [1.82, 2.24) is 4.90 Å². The van der Waals surface area contributed by atoms with Crippen LogP contribution in [0.2, 0.25) is 0 Å². The zero-order valence-corrected chi connectivity index (χ0v) is 20.6. The van der Waals surface area contributed by atoms with Gasteiger partial charge in [0.1, 0.15) is 5.82 Å². The van der Waals surface area contributed by atoms with Crippen LogP contribution in [0.5, 0.6) is 0 Å². The fourth-order valence-electron chi connectivity index (χ4n) is 3.98. The van der Waals surface area contributed by atoms with Gasteiger partial charge in [-0.05, 0) is 61.6 Å². The van der Waals surface area contributed by atoms with Gasteiger partial charge in [0.25, 0.3) is 5.91 Å². The molecule has 1 N–H and O–H groups in total. The molecule has 1 saturated heterocycles. The highest BCUT2D eigenvalue weighted by Crippen LogP contribution is 2.24. The van der Waals surface area contributed by atoms with Crippen molar-refractivity contribution in [3.05, 3.63) is 89.7 Å². The zero-order chi connectivity index (χ0) is 25.0. The van der Waals surface area contributed by atoms with Gasteiger partial charge >= 0.3 is 0 Å². The number of amides is 1. The Morgan fingerprint density at radius 1 is 0.943 bits per heavy atom. The Balaban J connectivity index is 1.43. The van der Waals surface area contributed by atoms with Gasteiger partial charge in [0.2, 0.25) is 10.0 Å². The minimum absolute atomic E-state index is 0.142. The number of carbonyl (C=O) groups excluding carboxylic acids is 1. The number of hydrogen-bond donors (Lipinski definition) is 1. The molecular weight excluding hydrogens is 467 g/mol. The van der Waals surface area contributed by atoms with E-state index >= 15 is 0 Å². The molecule has 7 nitrogen and oxygen atoms in total. The molecule has 1 aliphatic heterocycles. The number of nitrogens with zero attached hydrogens (tertiary/aromatic N) is 3. The number of anilines is 3. The van der Waals surface area contributed by atoms with Gasteiger partial charge in [0.05, 0.1) is 18.5 Å². The number of benzene rings is 3. The first kappa shape index (κ1) is 24.7. The van der Waals surface area contributed by atoms with Gasteiger partial charge in [-0.1, -0.05) is 18.2 Å². The quantitative estimate of drug-likeness (QED) is 0.539. The number of sulfonamides is 1. The summed E-state index contributed by atoms with van der Waals surface area (Å²) in [7, 11) is -1.56. The summed E-state index contributed by atoms with van der Waals surface area (Å²) >= 11 is 0. The average Bonchev–Trinajstić information content (AvgIpc) is 2.84. The largest absolute Gasteiger partial charge is 0.369 e. The van der Waals surface area contributed by atoms with Crippen molar-refractivity contribution >= 4 is 33.0 Å². The SMILES string of the molecule is CN1CCN(c2ccc(NC(=O)c3ccc(N(Cc4ccccc4F)S(C)(=O)=O)cc3)cc2)CC1. The molecule has 1 fully saturated rings. The second-order valence-corrected chi connectivity index (χ2v) is 10.6. The standard InChI is InChI=1S/C26H29FN4O3S/c1-29-15-17-30(18-16-29)23-13-9-22(10-14-23)28-26(32)20-7-11-24(12-8-20)31(35(2,33)34)19-21-5-3-4-6-25(21)27/h3-14H,15-19H2,1-2H3,(H,28,32). The number of likely N-dealkylation sites (N-methyl/N-ethyl adjacent to an activating group) is 1. The molecule has 184 valence electrons. The van der Waals surface area contributed by atoms with E-state index in [4.69, 9.17) is 0 Å². The van der Waals surface area contributed by atoms with Gasteiger partial charge in [-0.3, -0.25) is 9.10 Å². The topological polar surface area (TPSA) is 73.0 Å². The first-order valence-corrected chi connectivity index (χ1v) is 13.2. The lowest BCUT2D eigenvalue weighted by atomic mass is 10.1. The molecule has 1 aliphatic rings. The Labute approximate surface area is 205 Å². The molecule has 3 aromatic rings. The number of nitrogens with one attached hydrogen (secondary N) is 1. The Morgan fingerprint density at radius 3 is 2.17 bits per heavy atom. The molecule has 0 aliphatic carbocycles. The molecule has 9 heteroatoms. The van der Waals surface area contributed by atoms with Gasteiger partial charge in [-0.15, -0.1) is 0 Å². The Morgan fingerprint density at radius 2 is 1.57 bits per heavy atom. The lowest BCUT2D eigenvalue weighted by Gasteiger charge is -2.34. The van der Waals surface area contributed by atoms with Crippen LogP contribution in [0, 0.1) is 5.82 Å². The molecule has 3 aromatic carbocycles. The first-order valence-electron chi connectivity index (χ1n) is 11.4. The monoisotopic (exact) mass is 496 g/mol. The number of halogens is 1. The zero-order valence-electron chi connectivity index (χ0n) is 19.8. The summed E-state index contributed by atoms with van der Waals surface area (Å²) in [5.41, 5.74) is 2.80. The third-order valence-corrected chi connectivity index (χ3v) is 7.22. The highest BCUT2D eigenvalue weighted by molar-refractivity contribution is 7.92. The van der Waals surface area contributed by atoms with E-state index in [1.807, 2.05) is 24.3 Å². The van der Waals surface area contributed by atoms with Crippen molar-refractivity contribution in [2.45, 2.75) is 6.54 Å². The van der Waals surface area contributed by atoms with Gasteiger partial charge in [0.15, 0.2) is 0 Å². The van der Waals surface area contributed by atoms with E-state index in [1.165, 1.54) is 6.07 Å². The summed E-state index contributed by atoms with van der Waals surface area (Å²) in [6.07, 6.45) is 1.07. The van der Waals surface area contributed by atoms with Crippen LogP contribution in [0.3, 0.4) is 0 Å². The fraction of sp³-hybridized carbons (Fsp3) is 0.269. The van der Waals surface area contributed by atoms with Gasteiger partial charge in [-0.2, -0.15) is 0 Å². The summed E-state index contributed by atoms with van der Waals surface area (Å²) in [5.74, 6) is -0.778. The maximum Gasteiger partial charge on any atom is 0.255 e. The van der Waals surface area contributed by atoms with Gasteiger partial charge in [-0.25, -0.2) is 12.8 Å². The van der Waals surface area contributed by atoms with E-state index in [9.17, 15) is 17.6 Å². The second-order valence-electron chi connectivity index (χ2n) is 8.70. The molecule has 1 heterocycles. The molecule has 35 heavy (non-hydrogen) atoms. The van der Waals surface area contributed by atoms with Crippen LogP contribution < -0.4 is 14.5 Å². The number of carbonyl (C=O) groups is 1. The van der Waals surface area contributed by atoms with Crippen LogP contribution in [0.1, 0.15) is 15.9 Å². The first-order chi connectivity index (χ1) is 16.7. The third-order valence-electron chi connectivity index (χ3n) is 6.08. The molecule has 4 rings (SSSR count). The van der Waals surface area contributed by atoms with E-state index in [0.717, 1.165) is 42.4 Å². The number of piperazine rings is 1. The van der Waals surface area contributed by atoms with Crippen LogP contribution >= 0.6 is 0 Å². The predicted molar refractivity (Wildman–Crippen MR) is 138 cm³/mol. The molecule has 0 spiro atoms. The third kappa shape index (κ3) is 6.17. The van der Waals surface area contributed by atoms with Crippen molar-refractivity contribution in [2.24, 2.45) is 0 Å². The Bertz CT molecular complexity index is 1270. The highest BCUT2D eigenvalue weighted by atomic mass is 32.2. The Hall–Kier alpha value is -3.43. The number of rotatable bonds is 7. The molecule has 0 aromatic heterocycles. The fourth-order valence-corrected chi connectivity index (χ4v) is 4.86. The molecule has 0 bridgehead atoms. The van der Waals surface area contributed by atoms with Crippen molar-refractivity contribution in [3.8, 4) is 0 Å². The van der Waals surface area contributed by atoms with E-state index in [-0.39, 0.29) is 18.0 Å². The summed E-state index contributed by atoms with van der Waals surface area (Å²) in [5, 5.41) is 2.87. The lowest BCUT2D eigenvalue weighted by molar-refractivity contribution is 0.102. The minimum Gasteiger partial charge on any atom is -0.369 e. The normalized spacial score (nSPS) is 14.5. The molecule has 0 radical (unpaired) electrons. The van der Waals surface area contributed by atoms with Crippen LogP contribution in [0.25, 0.3) is 0 Å². The number of hydrogen-bond acceptors (Lipinski definition) is 5.